The molecule has 0 spiro atoms. The van der Waals surface area contributed by atoms with E-state index in [4.69, 9.17) is 4.74 Å². The first-order chi connectivity index (χ1) is 6.43. The van der Waals surface area contributed by atoms with Crippen molar-refractivity contribution >= 4 is 51.1 Å². The van der Waals surface area contributed by atoms with Crippen LogP contribution in [0.2, 0.25) is 0 Å². The van der Waals surface area contributed by atoms with Crippen LogP contribution in [-0.4, -0.2) is 11.2 Å². The lowest BCUT2D eigenvalue weighted by atomic mass is 10.1. The summed E-state index contributed by atoms with van der Waals surface area (Å²) in [4.78, 5) is 2.80. The highest BCUT2D eigenvalue weighted by Crippen LogP contribution is 2.65. The van der Waals surface area contributed by atoms with E-state index in [9.17, 15) is 0 Å². The van der Waals surface area contributed by atoms with Crippen molar-refractivity contribution in [1.29, 1.82) is 0 Å². The smallest absolute Gasteiger partial charge is 0.0963 e. The molecule has 0 unspecified atom stereocenters. The van der Waals surface area contributed by atoms with Crippen LogP contribution in [0.4, 0.5) is 0 Å². The summed E-state index contributed by atoms with van der Waals surface area (Å²) in [6.07, 6.45) is 0. The zero-order valence-electron chi connectivity index (χ0n) is 8.45. The molecular weight excluding hydrogens is 272 g/mol. The van der Waals surface area contributed by atoms with E-state index in [1.165, 1.54) is 9.81 Å². The summed E-state index contributed by atoms with van der Waals surface area (Å²) in [5.41, 5.74) is -0.232. The van der Waals surface area contributed by atoms with E-state index in [1.807, 2.05) is 51.1 Å². The quantitative estimate of drug-likeness (QED) is 0.566. The summed E-state index contributed by atoms with van der Waals surface area (Å²) in [5, 5.41) is 0. The molecule has 0 aromatic heterocycles. The van der Waals surface area contributed by atoms with Crippen molar-refractivity contribution in [3.63, 3.8) is 0 Å². The van der Waals surface area contributed by atoms with Crippen molar-refractivity contribution in [3.8, 4) is 0 Å². The van der Waals surface area contributed by atoms with Gasteiger partial charge in [-0.1, -0.05) is 0 Å². The van der Waals surface area contributed by atoms with Crippen LogP contribution in [0, 0.1) is 0 Å². The van der Waals surface area contributed by atoms with Gasteiger partial charge in [0, 0.05) is 9.81 Å². The molecule has 0 fully saturated rings. The van der Waals surface area contributed by atoms with Gasteiger partial charge in [-0.3, -0.25) is 0 Å². The summed E-state index contributed by atoms with van der Waals surface area (Å²) in [7, 11) is 9.21. The molecule has 1 nitrogen and oxygen atoms in total. The molecule has 0 aromatic rings. The van der Waals surface area contributed by atoms with Gasteiger partial charge in [-0.15, -0.1) is 0 Å². The molecule has 0 atom stereocenters. The van der Waals surface area contributed by atoms with E-state index in [-0.39, 0.29) is 11.2 Å². The van der Waals surface area contributed by atoms with Crippen molar-refractivity contribution in [2.24, 2.45) is 0 Å². The Bertz CT molecular complexity index is 257. The monoisotopic (exact) mass is 284 g/mol. The second-order valence-corrected chi connectivity index (χ2v) is 11.6. The predicted molar refractivity (Wildman–Crippen MR) is 74.2 cm³/mol. The Morgan fingerprint density at radius 2 is 1.21 bits per heavy atom. The molecule has 0 aliphatic carbocycles. The molecule has 2 rings (SSSR count). The van der Waals surface area contributed by atoms with Gasteiger partial charge in [-0.05, 0) is 78.8 Å². The van der Waals surface area contributed by atoms with Gasteiger partial charge in [0.2, 0.25) is 0 Å². The minimum absolute atomic E-state index is 0.116. The Balaban J connectivity index is 2.39. The molecule has 6 heteroatoms. The van der Waals surface area contributed by atoms with Crippen LogP contribution in [-0.2, 0) is 4.74 Å². The molecule has 2 aliphatic rings. The molecule has 0 aromatic carbocycles. The van der Waals surface area contributed by atoms with E-state index in [2.05, 4.69) is 27.7 Å². The Kier molecular flexibility index (Phi) is 3.44. The average molecular weight is 285 g/mol. The standard InChI is InChI=1S/C8H12OS5/c1-7(2)5-6(8(3,4)9-7)11-13-14-12-10-5/h1-4H3. The fourth-order valence-corrected chi connectivity index (χ4v) is 11.8. The van der Waals surface area contributed by atoms with Crippen LogP contribution >= 0.6 is 51.1 Å². The highest BCUT2D eigenvalue weighted by atomic mass is 33.8. The fourth-order valence-electron chi connectivity index (χ4n) is 1.66. The largest absolute Gasteiger partial charge is 0.359 e. The van der Waals surface area contributed by atoms with Crippen molar-refractivity contribution in [3.05, 3.63) is 9.81 Å². The lowest BCUT2D eigenvalue weighted by Crippen LogP contribution is -2.29. The molecule has 0 saturated carbocycles. The van der Waals surface area contributed by atoms with Crippen LogP contribution in [0.3, 0.4) is 0 Å². The first-order valence-electron chi connectivity index (χ1n) is 4.23. The molecule has 2 heterocycles. The van der Waals surface area contributed by atoms with E-state index >= 15 is 0 Å². The molecule has 80 valence electrons. The van der Waals surface area contributed by atoms with Gasteiger partial charge in [0.15, 0.2) is 0 Å². The first kappa shape index (κ1) is 11.9. The van der Waals surface area contributed by atoms with Crippen LogP contribution in [0.25, 0.3) is 0 Å². The van der Waals surface area contributed by atoms with Crippen molar-refractivity contribution < 1.29 is 4.74 Å². The second kappa shape index (κ2) is 4.04. The van der Waals surface area contributed by atoms with Crippen LogP contribution in [0.1, 0.15) is 27.7 Å². The molecule has 0 saturated heterocycles. The number of ether oxygens (including phenoxy) is 1. The van der Waals surface area contributed by atoms with Gasteiger partial charge < -0.3 is 4.74 Å². The first-order valence-corrected chi connectivity index (χ1v) is 10.4. The van der Waals surface area contributed by atoms with Crippen LogP contribution in [0.15, 0.2) is 9.81 Å². The topological polar surface area (TPSA) is 9.23 Å². The number of rotatable bonds is 0. The third kappa shape index (κ3) is 2.11. The molecular formula is C8H12OS5. The molecule has 2 aliphatic heterocycles. The van der Waals surface area contributed by atoms with E-state index in [0.717, 1.165) is 0 Å². The van der Waals surface area contributed by atoms with Crippen LogP contribution < -0.4 is 0 Å². The van der Waals surface area contributed by atoms with Crippen LogP contribution in [0.5, 0.6) is 0 Å². The maximum atomic E-state index is 6.09. The fraction of sp³-hybridized carbons (Fsp3) is 0.750. The summed E-state index contributed by atoms with van der Waals surface area (Å²) in [6.45, 7) is 8.63. The predicted octanol–water partition coefficient (Wildman–Crippen LogP) is 5.13. The maximum Gasteiger partial charge on any atom is 0.0963 e. The van der Waals surface area contributed by atoms with E-state index in [1.54, 1.807) is 0 Å². The molecule has 0 N–H and O–H groups in total. The summed E-state index contributed by atoms with van der Waals surface area (Å²) >= 11 is 0. The molecule has 14 heavy (non-hydrogen) atoms. The average Bonchev–Trinajstić information content (AvgIpc) is 2.27. The minimum atomic E-state index is -0.116. The highest BCUT2D eigenvalue weighted by molar-refractivity contribution is 9.36. The summed E-state index contributed by atoms with van der Waals surface area (Å²) < 4.78 is 6.09. The summed E-state index contributed by atoms with van der Waals surface area (Å²) in [6, 6.07) is 0. The maximum absolute atomic E-state index is 6.09. The highest BCUT2D eigenvalue weighted by Gasteiger charge is 2.46. The SMILES string of the molecule is CC1(C)OC(C)(C)C2=C1SSSSS2. The van der Waals surface area contributed by atoms with E-state index < -0.39 is 0 Å². The van der Waals surface area contributed by atoms with Crippen molar-refractivity contribution in [1.82, 2.24) is 0 Å². The lowest BCUT2D eigenvalue weighted by molar-refractivity contribution is -0.0507. The zero-order valence-corrected chi connectivity index (χ0v) is 12.5. The lowest BCUT2D eigenvalue weighted by Gasteiger charge is -2.27. The van der Waals surface area contributed by atoms with Gasteiger partial charge in [0.25, 0.3) is 0 Å². The minimum Gasteiger partial charge on any atom is -0.359 e. The second-order valence-electron chi connectivity index (χ2n) is 4.15. The number of hydrogen-bond donors (Lipinski definition) is 0. The Morgan fingerprint density at radius 1 is 0.786 bits per heavy atom. The van der Waals surface area contributed by atoms with E-state index in [0.29, 0.717) is 0 Å². The Morgan fingerprint density at radius 3 is 1.64 bits per heavy atom. The van der Waals surface area contributed by atoms with Crippen molar-refractivity contribution in [2.75, 3.05) is 0 Å². The molecule has 0 radical (unpaired) electrons. The number of hydrogen-bond acceptors (Lipinski definition) is 6. The zero-order chi connectivity index (χ0) is 10.4. The Hall–Kier alpha value is 1.45. The van der Waals surface area contributed by atoms with Crippen molar-refractivity contribution in [2.45, 2.75) is 38.9 Å². The normalized spacial score (nSPS) is 30.0. The van der Waals surface area contributed by atoms with Gasteiger partial charge in [0.1, 0.15) is 0 Å². The van der Waals surface area contributed by atoms with Gasteiger partial charge in [-0.2, -0.15) is 0 Å². The van der Waals surface area contributed by atoms with Gasteiger partial charge in [-0.25, -0.2) is 0 Å². The third-order valence-electron chi connectivity index (χ3n) is 2.10. The van der Waals surface area contributed by atoms with Gasteiger partial charge in [0.05, 0.1) is 11.2 Å². The molecule has 0 amide bonds. The Labute approximate surface area is 104 Å². The molecule has 0 bridgehead atoms. The third-order valence-corrected chi connectivity index (χ3v) is 11.2. The summed E-state index contributed by atoms with van der Waals surface area (Å²) in [5.74, 6) is 0. The van der Waals surface area contributed by atoms with Gasteiger partial charge >= 0.3 is 0 Å².